The summed E-state index contributed by atoms with van der Waals surface area (Å²) in [7, 11) is 1.65. The number of nitrogens with zero attached hydrogens (tertiary/aromatic N) is 1. The molecule has 4 heteroatoms. The van der Waals surface area contributed by atoms with E-state index in [2.05, 4.69) is 4.99 Å². The van der Waals surface area contributed by atoms with Crippen molar-refractivity contribution < 1.29 is 9.47 Å². The average molecular weight is 208 g/mol. The molecule has 1 aromatic rings. The zero-order valence-corrected chi connectivity index (χ0v) is 8.85. The summed E-state index contributed by atoms with van der Waals surface area (Å²) in [5, 5.41) is 0. The number of nitrogens with two attached hydrogens (primary N) is 1. The first-order chi connectivity index (χ1) is 7.36. The van der Waals surface area contributed by atoms with Crippen LogP contribution in [0.3, 0.4) is 0 Å². The van der Waals surface area contributed by atoms with E-state index in [0.29, 0.717) is 19.9 Å². The molecule has 0 saturated heterocycles. The molecule has 4 nitrogen and oxygen atoms in total. The number of benzene rings is 1. The summed E-state index contributed by atoms with van der Waals surface area (Å²) < 4.78 is 10.3. The van der Waals surface area contributed by atoms with Crippen LogP contribution in [0.4, 0.5) is 0 Å². The molecule has 2 N–H and O–H groups in total. The van der Waals surface area contributed by atoms with Gasteiger partial charge < -0.3 is 15.2 Å². The molecular formula is C11H16N2O2. The Morgan fingerprint density at radius 2 is 2.00 bits per heavy atom. The average Bonchev–Trinajstić information content (AvgIpc) is 2.28. The van der Waals surface area contributed by atoms with Gasteiger partial charge in [0.15, 0.2) is 0 Å². The lowest BCUT2D eigenvalue weighted by atomic mass is 10.2. The minimum Gasteiger partial charge on any atom is -0.491 e. The Morgan fingerprint density at radius 3 is 2.60 bits per heavy atom. The maximum atomic E-state index is 5.41. The highest BCUT2D eigenvalue weighted by Gasteiger charge is 1.93. The third-order valence-corrected chi connectivity index (χ3v) is 1.78. The van der Waals surface area contributed by atoms with Gasteiger partial charge in [-0.25, -0.2) is 0 Å². The van der Waals surface area contributed by atoms with Gasteiger partial charge in [0, 0.05) is 13.3 Å². The lowest BCUT2D eigenvalue weighted by Crippen LogP contribution is -2.04. The Balaban J connectivity index is 2.45. The van der Waals surface area contributed by atoms with E-state index in [0.717, 1.165) is 11.3 Å². The van der Waals surface area contributed by atoms with Crippen LogP contribution in [0.25, 0.3) is 0 Å². The standard InChI is InChI=1S/C11H16N2O2/c1-14-6-7-15-11-4-2-10(3-5-11)8-13-9-12/h2-5,8H,6-7,9,12H2,1H3. The number of hydrogen-bond acceptors (Lipinski definition) is 4. The molecule has 0 atom stereocenters. The molecule has 15 heavy (non-hydrogen) atoms. The second-order valence-electron chi connectivity index (χ2n) is 2.90. The molecule has 0 heterocycles. The van der Waals surface area contributed by atoms with Crippen molar-refractivity contribution in [1.82, 2.24) is 0 Å². The van der Waals surface area contributed by atoms with Crippen LogP contribution in [0, 0.1) is 0 Å². The minimum atomic E-state index is 0.312. The van der Waals surface area contributed by atoms with Crippen molar-refractivity contribution >= 4 is 6.21 Å². The van der Waals surface area contributed by atoms with Crippen LogP contribution in [-0.2, 0) is 4.74 Å². The third kappa shape index (κ3) is 4.58. The molecule has 0 radical (unpaired) electrons. The highest BCUT2D eigenvalue weighted by Crippen LogP contribution is 2.10. The van der Waals surface area contributed by atoms with E-state index in [1.54, 1.807) is 13.3 Å². The van der Waals surface area contributed by atoms with Crippen molar-refractivity contribution in [2.45, 2.75) is 0 Å². The van der Waals surface area contributed by atoms with Gasteiger partial charge in [-0.1, -0.05) is 0 Å². The third-order valence-electron chi connectivity index (χ3n) is 1.78. The zero-order valence-electron chi connectivity index (χ0n) is 8.85. The molecule has 0 bridgehead atoms. The minimum absolute atomic E-state index is 0.312. The van der Waals surface area contributed by atoms with Gasteiger partial charge in [0.2, 0.25) is 0 Å². The summed E-state index contributed by atoms with van der Waals surface area (Å²) >= 11 is 0. The largest absolute Gasteiger partial charge is 0.491 e. The van der Waals surface area contributed by atoms with Crippen molar-refractivity contribution in [3.8, 4) is 5.75 Å². The molecule has 0 saturated carbocycles. The van der Waals surface area contributed by atoms with Gasteiger partial charge in [-0.15, -0.1) is 0 Å². The van der Waals surface area contributed by atoms with E-state index in [4.69, 9.17) is 15.2 Å². The number of ether oxygens (including phenoxy) is 2. The predicted octanol–water partition coefficient (Wildman–Crippen LogP) is 1.05. The fourth-order valence-electron chi connectivity index (χ4n) is 1.05. The Kier molecular flexibility index (Phi) is 5.43. The van der Waals surface area contributed by atoms with Crippen molar-refractivity contribution in [2.75, 3.05) is 27.0 Å². The lowest BCUT2D eigenvalue weighted by molar-refractivity contribution is 0.146. The van der Waals surface area contributed by atoms with Crippen LogP contribution in [0.2, 0.25) is 0 Å². The van der Waals surface area contributed by atoms with Gasteiger partial charge in [0.05, 0.1) is 13.3 Å². The number of methoxy groups -OCH3 is 1. The van der Waals surface area contributed by atoms with Gasteiger partial charge in [-0.3, -0.25) is 4.99 Å². The molecule has 0 unspecified atom stereocenters. The molecule has 0 spiro atoms. The predicted molar refractivity (Wildman–Crippen MR) is 60.5 cm³/mol. The SMILES string of the molecule is COCCOc1ccc(C=NCN)cc1. The molecule has 0 aliphatic rings. The fourth-order valence-corrected chi connectivity index (χ4v) is 1.05. The van der Waals surface area contributed by atoms with Gasteiger partial charge in [0.25, 0.3) is 0 Å². The van der Waals surface area contributed by atoms with Crippen LogP contribution >= 0.6 is 0 Å². The Hall–Kier alpha value is -1.39. The summed E-state index contributed by atoms with van der Waals surface area (Å²) in [4.78, 5) is 3.94. The van der Waals surface area contributed by atoms with Crippen molar-refractivity contribution in [1.29, 1.82) is 0 Å². The molecule has 0 amide bonds. The zero-order chi connectivity index (χ0) is 10.9. The first kappa shape index (κ1) is 11.7. The Bertz CT molecular complexity index is 296. The van der Waals surface area contributed by atoms with E-state index in [9.17, 15) is 0 Å². The van der Waals surface area contributed by atoms with Crippen molar-refractivity contribution in [3.05, 3.63) is 29.8 Å². The molecule has 0 aromatic heterocycles. The van der Waals surface area contributed by atoms with E-state index in [1.807, 2.05) is 24.3 Å². The number of rotatable bonds is 6. The molecule has 1 rings (SSSR count). The monoisotopic (exact) mass is 208 g/mol. The smallest absolute Gasteiger partial charge is 0.119 e. The lowest BCUT2D eigenvalue weighted by Gasteiger charge is -2.04. The van der Waals surface area contributed by atoms with Crippen LogP contribution in [0.15, 0.2) is 29.3 Å². The summed E-state index contributed by atoms with van der Waals surface area (Å²) in [6.07, 6.45) is 1.74. The molecule has 0 fully saturated rings. The first-order valence-corrected chi connectivity index (χ1v) is 4.78. The molecule has 1 aromatic carbocycles. The van der Waals surface area contributed by atoms with E-state index in [-0.39, 0.29) is 0 Å². The highest BCUT2D eigenvalue weighted by molar-refractivity contribution is 5.79. The molecule has 0 aliphatic heterocycles. The second-order valence-corrected chi connectivity index (χ2v) is 2.90. The van der Waals surface area contributed by atoms with Gasteiger partial charge >= 0.3 is 0 Å². The van der Waals surface area contributed by atoms with Gasteiger partial charge in [0.1, 0.15) is 12.4 Å². The van der Waals surface area contributed by atoms with E-state index >= 15 is 0 Å². The molecule has 82 valence electrons. The summed E-state index contributed by atoms with van der Waals surface area (Å²) in [5.74, 6) is 0.831. The first-order valence-electron chi connectivity index (χ1n) is 4.78. The van der Waals surface area contributed by atoms with Crippen molar-refractivity contribution in [3.63, 3.8) is 0 Å². The molecular weight excluding hydrogens is 192 g/mol. The summed E-state index contributed by atoms with van der Waals surface area (Å²) in [5.41, 5.74) is 6.26. The van der Waals surface area contributed by atoms with Crippen LogP contribution < -0.4 is 10.5 Å². The number of aliphatic imine (C=N–C) groups is 1. The van der Waals surface area contributed by atoms with Crippen LogP contribution in [-0.4, -0.2) is 33.2 Å². The Labute approximate surface area is 89.7 Å². The maximum Gasteiger partial charge on any atom is 0.119 e. The summed E-state index contributed by atoms with van der Waals surface area (Å²) in [6.45, 7) is 1.47. The molecule has 0 aliphatic carbocycles. The van der Waals surface area contributed by atoms with Crippen LogP contribution in [0.5, 0.6) is 5.75 Å². The van der Waals surface area contributed by atoms with E-state index < -0.39 is 0 Å². The van der Waals surface area contributed by atoms with Gasteiger partial charge in [-0.2, -0.15) is 0 Å². The summed E-state index contributed by atoms with van der Waals surface area (Å²) in [6, 6.07) is 7.66. The topological polar surface area (TPSA) is 56.8 Å². The Morgan fingerprint density at radius 1 is 1.27 bits per heavy atom. The quantitative estimate of drug-likeness (QED) is 0.561. The van der Waals surface area contributed by atoms with Crippen LogP contribution in [0.1, 0.15) is 5.56 Å². The van der Waals surface area contributed by atoms with Crippen molar-refractivity contribution in [2.24, 2.45) is 10.7 Å². The normalized spacial score (nSPS) is 10.8. The maximum absolute atomic E-state index is 5.41. The fraction of sp³-hybridized carbons (Fsp3) is 0.364. The second kappa shape index (κ2) is 6.98. The highest BCUT2D eigenvalue weighted by atomic mass is 16.5. The van der Waals surface area contributed by atoms with Gasteiger partial charge in [-0.05, 0) is 29.8 Å². The number of hydrogen-bond donors (Lipinski definition) is 1. The van der Waals surface area contributed by atoms with E-state index in [1.165, 1.54) is 0 Å².